The molecule has 0 saturated carbocycles. The van der Waals surface area contributed by atoms with Crippen molar-refractivity contribution in [1.82, 2.24) is 0 Å². The van der Waals surface area contributed by atoms with E-state index in [0.29, 0.717) is 0 Å². The Labute approximate surface area is 98.6 Å². The van der Waals surface area contributed by atoms with Crippen LogP contribution in [0.25, 0.3) is 0 Å². The number of aliphatic hydroxyl groups is 1. The predicted octanol–water partition coefficient (Wildman–Crippen LogP) is 4.08. The van der Waals surface area contributed by atoms with Gasteiger partial charge < -0.3 is 5.11 Å². The third-order valence-electron chi connectivity index (χ3n) is 1.47. The number of rotatable bonds is 1. The summed E-state index contributed by atoms with van der Waals surface area (Å²) in [7, 11) is 0. The summed E-state index contributed by atoms with van der Waals surface area (Å²) in [5.74, 6) is -0.155. The van der Waals surface area contributed by atoms with Crippen molar-refractivity contribution < 1.29 is 13.9 Å². The van der Waals surface area contributed by atoms with Gasteiger partial charge >= 0.3 is 3.93 Å². The molecule has 5 heteroatoms. The fourth-order valence-corrected chi connectivity index (χ4v) is 1.36. The third-order valence-corrected chi connectivity index (χ3v) is 2.33. The molecule has 0 aliphatic heterocycles. The van der Waals surface area contributed by atoms with Crippen LogP contribution in [0.5, 0.6) is 0 Å². The van der Waals surface area contributed by atoms with E-state index >= 15 is 0 Å². The van der Waals surface area contributed by atoms with Crippen molar-refractivity contribution in [1.29, 1.82) is 0 Å². The van der Waals surface area contributed by atoms with Gasteiger partial charge in [-0.15, -0.1) is 0 Å². The zero-order valence-corrected chi connectivity index (χ0v) is 9.76. The summed E-state index contributed by atoms with van der Waals surface area (Å²) in [4.78, 5) is 0. The summed E-state index contributed by atoms with van der Waals surface area (Å²) >= 11 is 6.62. The quantitative estimate of drug-likeness (QED) is 0.567. The van der Waals surface area contributed by atoms with Gasteiger partial charge in [0.2, 0.25) is 0 Å². The molecule has 0 bridgehead atoms. The molecule has 0 aromatic carbocycles. The van der Waals surface area contributed by atoms with Gasteiger partial charge in [0.1, 0.15) is 5.76 Å². The standard InChI is InChI=1S/C9H6ClF2IO/c10-7-3-1-6(9(11,12)13)2-4-8(14)5-7/h1-5,14H/b3-1?,4-2?,6-1+,6-2?,7-3+,7-5?,8-4?,8-5?. The first kappa shape index (κ1) is 11.7. The molecule has 0 radical (unpaired) electrons. The molecule has 0 spiro atoms. The van der Waals surface area contributed by atoms with E-state index in [1.165, 1.54) is 24.3 Å². The summed E-state index contributed by atoms with van der Waals surface area (Å²) < 4.78 is 22.8. The van der Waals surface area contributed by atoms with Crippen LogP contribution in [-0.4, -0.2) is 9.04 Å². The molecule has 0 unspecified atom stereocenters. The molecule has 14 heavy (non-hydrogen) atoms. The second-order valence-electron chi connectivity index (χ2n) is 2.57. The van der Waals surface area contributed by atoms with Gasteiger partial charge in [-0.25, -0.2) is 0 Å². The molecular weight excluding hydrogens is 324 g/mol. The summed E-state index contributed by atoms with van der Waals surface area (Å²) in [5.41, 5.74) is -0.212. The Hall–Kier alpha value is -0.360. The van der Waals surface area contributed by atoms with E-state index in [9.17, 15) is 8.78 Å². The molecule has 1 nitrogen and oxygen atoms in total. The van der Waals surface area contributed by atoms with Crippen molar-refractivity contribution >= 4 is 34.2 Å². The number of hydrogen-bond acceptors (Lipinski definition) is 1. The molecule has 0 saturated heterocycles. The van der Waals surface area contributed by atoms with Gasteiger partial charge in [-0.3, -0.25) is 0 Å². The fraction of sp³-hybridized carbons (Fsp3) is 0.111. The highest BCUT2D eigenvalue weighted by molar-refractivity contribution is 14.1. The lowest BCUT2D eigenvalue weighted by molar-refractivity contribution is 0.173. The highest BCUT2D eigenvalue weighted by Gasteiger charge is 2.27. The molecular formula is C9H6ClF2IO. The van der Waals surface area contributed by atoms with Gasteiger partial charge in [-0.05, 0) is 24.3 Å². The minimum absolute atomic E-state index is 0.155. The molecule has 0 aromatic rings. The maximum Gasteiger partial charge on any atom is 0.321 e. The molecule has 0 heterocycles. The third kappa shape index (κ3) is 3.42. The second-order valence-corrected chi connectivity index (χ2v) is 4.37. The van der Waals surface area contributed by atoms with Crippen molar-refractivity contribution in [3.63, 3.8) is 0 Å². The van der Waals surface area contributed by atoms with Crippen LogP contribution in [-0.2, 0) is 0 Å². The van der Waals surface area contributed by atoms with Crippen molar-refractivity contribution in [2.75, 3.05) is 0 Å². The normalized spacial score (nSPS) is 25.3. The molecule has 0 amide bonds. The number of alkyl halides is 3. The molecule has 1 aliphatic rings. The van der Waals surface area contributed by atoms with E-state index < -0.39 is 3.93 Å². The lowest BCUT2D eigenvalue weighted by Gasteiger charge is -2.09. The highest BCUT2D eigenvalue weighted by atomic mass is 127. The topological polar surface area (TPSA) is 20.2 Å². The Morgan fingerprint density at radius 3 is 2.50 bits per heavy atom. The number of hydrogen-bond donors (Lipinski definition) is 1. The van der Waals surface area contributed by atoms with E-state index in [2.05, 4.69) is 0 Å². The molecule has 1 N–H and O–H groups in total. The van der Waals surface area contributed by atoms with E-state index in [1.54, 1.807) is 0 Å². The molecule has 76 valence electrons. The van der Waals surface area contributed by atoms with Crippen molar-refractivity contribution in [3.05, 3.63) is 46.7 Å². The van der Waals surface area contributed by atoms with Gasteiger partial charge in [-0.1, -0.05) is 17.7 Å². The first-order valence-corrected chi connectivity index (χ1v) is 5.08. The Balaban J connectivity index is 3.07. The van der Waals surface area contributed by atoms with Crippen molar-refractivity contribution in [2.24, 2.45) is 0 Å². The lowest BCUT2D eigenvalue weighted by Crippen LogP contribution is -2.07. The zero-order valence-electron chi connectivity index (χ0n) is 6.85. The summed E-state index contributed by atoms with van der Waals surface area (Å²) in [5, 5.41) is 9.34. The van der Waals surface area contributed by atoms with E-state index in [4.69, 9.17) is 16.7 Å². The first-order valence-electron chi connectivity index (χ1n) is 3.63. The molecule has 0 fully saturated rings. The maximum absolute atomic E-state index is 12.9. The van der Waals surface area contributed by atoms with Crippen LogP contribution in [0.1, 0.15) is 0 Å². The molecule has 0 aromatic heterocycles. The lowest BCUT2D eigenvalue weighted by atomic mass is 10.2. The van der Waals surface area contributed by atoms with Crippen LogP contribution in [0.15, 0.2) is 46.7 Å². The summed E-state index contributed by atoms with van der Waals surface area (Å²) in [6, 6.07) is 0. The first-order chi connectivity index (χ1) is 6.39. The Morgan fingerprint density at radius 2 is 1.93 bits per heavy atom. The van der Waals surface area contributed by atoms with E-state index in [-0.39, 0.29) is 16.4 Å². The second kappa shape index (κ2) is 4.44. The largest absolute Gasteiger partial charge is 0.508 e. The summed E-state index contributed by atoms with van der Waals surface area (Å²) in [6.45, 7) is 0. The zero-order chi connectivity index (χ0) is 10.8. The van der Waals surface area contributed by atoms with Crippen molar-refractivity contribution in [3.8, 4) is 0 Å². The van der Waals surface area contributed by atoms with Gasteiger partial charge in [0.25, 0.3) is 0 Å². The predicted molar refractivity (Wildman–Crippen MR) is 60.8 cm³/mol. The van der Waals surface area contributed by atoms with Crippen LogP contribution in [0.4, 0.5) is 8.78 Å². The van der Waals surface area contributed by atoms with Gasteiger partial charge in [-0.2, -0.15) is 8.78 Å². The maximum atomic E-state index is 12.9. The van der Waals surface area contributed by atoms with Crippen LogP contribution < -0.4 is 0 Å². The Bertz CT molecular complexity index is 350. The van der Waals surface area contributed by atoms with Gasteiger partial charge in [0, 0.05) is 33.2 Å². The Morgan fingerprint density at radius 1 is 1.29 bits per heavy atom. The fourth-order valence-electron chi connectivity index (χ4n) is 0.827. The smallest absolute Gasteiger partial charge is 0.321 e. The molecule has 1 rings (SSSR count). The van der Waals surface area contributed by atoms with Crippen molar-refractivity contribution in [2.45, 2.75) is 3.93 Å². The van der Waals surface area contributed by atoms with Gasteiger partial charge in [0.05, 0.1) is 0 Å². The van der Waals surface area contributed by atoms with E-state index in [0.717, 1.165) is 28.7 Å². The molecule has 1 aliphatic carbocycles. The van der Waals surface area contributed by atoms with E-state index in [1.807, 2.05) is 0 Å². The average molecular weight is 330 g/mol. The Kier molecular flexibility index (Phi) is 3.71. The van der Waals surface area contributed by atoms with Crippen LogP contribution in [0, 0.1) is 0 Å². The average Bonchev–Trinajstić information content (AvgIpc) is 1.98. The highest BCUT2D eigenvalue weighted by Crippen LogP contribution is 2.33. The van der Waals surface area contributed by atoms with Crippen LogP contribution >= 0.6 is 34.2 Å². The number of halogens is 4. The van der Waals surface area contributed by atoms with Gasteiger partial charge in [0.15, 0.2) is 0 Å². The number of aliphatic hydroxyl groups excluding tert-OH is 1. The minimum atomic E-state index is -2.97. The number of allylic oxidation sites excluding steroid dienone is 7. The van der Waals surface area contributed by atoms with Crippen LogP contribution in [0.2, 0.25) is 0 Å². The minimum Gasteiger partial charge on any atom is -0.508 e. The molecule has 0 atom stereocenters. The van der Waals surface area contributed by atoms with Crippen LogP contribution in [0.3, 0.4) is 0 Å². The SMILES string of the molecule is OC1=C/C(Cl)=C\C=C(\C(F)(F)I)C=C1. The monoisotopic (exact) mass is 330 g/mol. The summed E-state index contributed by atoms with van der Waals surface area (Å²) in [6.07, 6.45) is 6.12.